The van der Waals surface area contributed by atoms with Crippen LogP contribution < -0.4 is 0 Å². The predicted octanol–water partition coefficient (Wildman–Crippen LogP) is 2.41. The number of carbonyl (C=O) groups excluding carboxylic acids is 1. The summed E-state index contributed by atoms with van der Waals surface area (Å²) in [6.07, 6.45) is 2.53. The minimum absolute atomic E-state index is 0.0359. The Hall–Kier alpha value is -1.40. The Morgan fingerprint density at radius 2 is 2.14 bits per heavy atom. The van der Waals surface area contributed by atoms with E-state index in [-0.39, 0.29) is 25.0 Å². The molecule has 1 N–H and O–H groups in total. The quantitative estimate of drug-likeness (QED) is 0.876. The van der Waals surface area contributed by atoms with Crippen molar-refractivity contribution in [1.82, 2.24) is 4.90 Å². The molecule has 0 aliphatic carbocycles. The molecule has 1 saturated heterocycles. The number of piperidine rings is 1. The fourth-order valence-corrected chi connectivity index (χ4v) is 3.45. The summed E-state index contributed by atoms with van der Waals surface area (Å²) in [6, 6.07) is 2.01. The van der Waals surface area contributed by atoms with Crippen molar-refractivity contribution in [3.05, 3.63) is 21.9 Å². The number of carboxylic acid groups (broad SMARTS) is 1. The summed E-state index contributed by atoms with van der Waals surface area (Å²) >= 11 is 1.51. The zero-order valence-electron chi connectivity index (χ0n) is 12.2. The Balaban J connectivity index is 1.81. The number of hydrogen-bond acceptors (Lipinski definition) is 4. The minimum Gasteiger partial charge on any atom is -0.481 e. The molecule has 2 rings (SSSR count). The summed E-state index contributed by atoms with van der Waals surface area (Å²) in [6.45, 7) is 3.66. The van der Waals surface area contributed by atoms with Gasteiger partial charge in [-0.1, -0.05) is 6.92 Å². The van der Waals surface area contributed by atoms with E-state index >= 15 is 0 Å². The van der Waals surface area contributed by atoms with E-state index in [9.17, 15) is 9.59 Å². The molecular formula is C15H21NO4S. The van der Waals surface area contributed by atoms with Crippen molar-refractivity contribution in [3.63, 3.8) is 0 Å². The second kappa shape index (κ2) is 7.56. The van der Waals surface area contributed by atoms with Crippen molar-refractivity contribution in [2.75, 3.05) is 19.7 Å². The van der Waals surface area contributed by atoms with Crippen molar-refractivity contribution in [2.24, 2.45) is 0 Å². The molecule has 6 heteroatoms. The second-order valence-corrected chi connectivity index (χ2v) is 6.05. The van der Waals surface area contributed by atoms with Crippen LogP contribution in [-0.4, -0.2) is 47.7 Å². The van der Waals surface area contributed by atoms with E-state index in [1.807, 2.05) is 16.3 Å². The fourth-order valence-electron chi connectivity index (χ4n) is 2.48. The molecule has 0 aromatic carbocycles. The van der Waals surface area contributed by atoms with Crippen LogP contribution in [0.15, 0.2) is 11.4 Å². The number of amides is 1. The van der Waals surface area contributed by atoms with Gasteiger partial charge in [0.15, 0.2) is 0 Å². The lowest BCUT2D eigenvalue weighted by Crippen LogP contribution is -2.41. The maximum absolute atomic E-state index is 12.5. The molecule has 0 bridgehead atoms. The van der Waals surface area contributed by atoms with E-state index in [4.69, 9.17) is 9.84 Å². The van der Waals surface area contributed by atoms with Crippen molar-refractivity contribution < 1.29 is 19.4 Å². The Labute approximate surface area is 128 Å². The monoisotopic (exact) mass is 311 g/mol. The minimum atomic E-state index is -0.840. The number of aryl methyl sites for hydroxylation is 1. The van der Waals surface area contributed by atoms with E-state index in [2.05, 4.69) is 6.92 Å². The first-order valence-electron chi connectivity index (χ1n) is 7.30. The van der Waals surface area contributed by atoms with Gasteiger partial charge >= 0.3 is 5.97 Å². The highest BCUT2D eigenvalue weighted by Gasteiger charge is 2.25. The maximum Gasteiger partial charge on any atom is 0.305 e. The van der Waals surface area contributed by atoms with Gasteiger partial charge in [-0.15, -0.1) is 11.3 Å². The van der Waals surface area contributed by atoms with Gasteiger partial charge in [-0.3, -0.25) is 9.59 Å². The molecule has 1 aromatic heterocycles. The van der Waals surface area contributed by atoms with Gasteiger partial charge in [0.25, 0.3) is 5.91 Å². The number of nitrogens with zero attached hydrogens (tertiary/aromatic N) is 1. The normalized spacial score (nSPS) is 16.1. The number of thiophene rings is 1. The number of hydrogen-bond donors (Lipinski definition) is 1. The Bertz CT molecular complexity index is 492. The highest BCUT2D eigenvalue weighted by Crippen LogP contribution is 2.22. The molecule has 0 atom stereocenters. The van der Waals surface area contributed by atoms with Crippen LogP contribution in [0.5, 0.6) is 0 Å². The van der Waals surface area contributed by atoms with Crippen LogP contribution in [0.2, 0.25) is 0 Å². The third-order valence-electron chi connectivity index (χ3n) is 3.72. The molecule has 0 saturated carbocycles. The summed E-state index contributed by atoms with van der Waals surface area (Å²) in [5, 5.41) is 10.5. The van der Waals surface area contributed by atoms with Crippen LogP contribution in [0.25, 0.3) is 0 Å². The average molecular weight is 311 g/mol. The summed E-state index contributed by atoms with van der Waals surface area (Å²) in [4.78, 5) is 25.6. The Kier molecular flexibility index (Phi) is 5.76. The summed E-state index contributed by atoms with van der Waals surface area (Å²) in [5.74, 6) is -0.724. The van der Waals surface area contributed by atoms with Gasteiger partial charge in [0.05, 0.1) is 24.0 Å². The van der Waals surface area contributed by atoms with Crippen LogP contribution >= 0.6 is 11.3 Å². The lowest BCUT2D eigenvalue weighted by Gasteiger charge is -2.31. The van der Waals surface area contributed by atoms with Crippen LogP contribution in [0.3, 0.4) is 0 Å². The summed E-state index contributed by atoms with van der Waals surface area (Å²) < 4.78 is 5.54. The van der Waals surface area contributed by atoms with Gasteiger partial charge in [-0.2, -0.15) is 0 Å². The molecule has 1 amide bonds. The number of carboxylic acids is 1. The Morgan fingerprint density at radius 3 is 2.76 bits per heavy atom. The van der Waals surface area contributed by atoms with E-state index in [0.717, 1.165) is 29.7 Å². The van der Waals surface area contributed by atoms with Crippen molar-refractivity contribution in [2.45, 2.75) is 38.7 Å². The average Bonchev–Trinajstić information content (AvgIpc) is 2.95. The SMILES string of the molecule is CCc1ccsc1C(=O)N1CCC(OCCC(=O)O)CC1. The molecule has 0 radical (unpaired) electrons. The lowest BCUT2D eigenvalue weighted by atomic mass is 10.1. The molecule has 0 spiro atoms. The highest BCUT2D eigenvalue weighted by molar-refractivity contribution is 7.12. The summed E-state index contributed by atoms with van der Waals surface area (Å²) in [7, 11) is 0. The first-order valence-corrected chi connectivity index (χ1v) is 8.18. The van der Waals surface area contributed by atoms with Gasteiger partial charge in [0.2, 0.25) is 0 Å². The predicted molar refractivity (Wildman–Crippen MR) is 80.8 cm³/mol. The number of carbonyl (C=O) groups is 2. The van der Waals surface area contributed by atoms with Gasteiger partial charge in [-0.25, -0.2) is 0 Å². The van der Waals surface area contributed by atoms with Crippen LogP contribution in [-0.2, 0) is 16.0 Å². The molecule has 0 unspecified atom stereocenters. The van der Waals surface area contributed by atoms with Gasteiger partial charge in [0.1, 0.15) is 0 Å². The van der Waals surface area contributed by atoms with Gasteiger partial charge < -0.3 is 14.7 Å². The smallest absolute Gasteiger partial charge is 0.305 e. The highest BCUT2D eigenvalue weighted by atomic mass is 32.1. The number of ether oxygens (including phenoxy) is 1. The van der Waals surface area contributed by atoms with Gasteiger partial charge in [0, 0.05) is 13.1 Å². The zero-order chi connectivity index (χ0) is 15.2. The second-order valence-electron chi connectivity index (χ2n) is 5.13. The molecule has 2 heterocycles. The molecule has 1 aliphatic heterocycles. The van der Waals surface area contributed by atoms with E-state index in [0.29, 0.717) is 13.1 Å². The van der Waals surface area contributed by atoms with Crippen LogP contribution in [0, 0.1) is 0 Å². The third-order valence-corrected chi connectivity index (χ3v) is 4.67. The van der Waals surface area contributed by atoms with Crippen LogP contribution in [0.4, 0.5) is 0 Å². The largest absolute Gasteiger partial charge is 0.481 e. The van der Waals surface area contributed by atoms with E-state index < -0.39 is 5.97 Å². The third kappa shape index (κ3) is 4.28. The lowest BCUT2D eigenvalue weighted by molar-refractivity contribution is -0.138. The zero-order valence-corrected chi connectivity index (χ0v) is 13.0. The number of aliphatic carboxylic acids is 1. The first kappa shape index (κ1) is 16.0. The van der Waals surface area contributed by atoms with Crippen molar-refractivity contribution in [3.8, 4) is 0 Å². The van der Waals surface area contributed by atoms with E-state index in [1.165, 1.54) is 11.3 Å². The molecule has 1 aromatic rings. The van der Waals surface area contributed by atoms with E-state index in [1.54, 1.807) is 0 Å². The topological polar surface area (TPSA) is 66.8 Å². The first-order chi connectivity index (χ1) is 10.1. The number of rotatable bonds is 6. The maximum atomic E-state index is 12.5. The fraction of sp³-hybridized carbons (Fsp3) is 0.600. The molecule has 21 heavy (non-hydrogen) atoms. The van der Waals surface area contributed by atoms with Gasteiger partial charge in [-0.05, 0) is 36.3 Å². The summed E-state index contributed by atoms with van der Waals surface area (Å²) in [5.41, 5.74) is 1.12. The molecule has 116 valence electrons. The molecule has 1 fully saturated rings. The van der Waals surface area contributed by atoms with Crippen molar-refractivity contribution in [1.29, 1.82) is 0 Å². The molecular weight excluding hydrogens is 290 g/mol. The Morgan fingerprint density at radius 1 is 1.43 bits per heavy atom. The number of likely N-dealkylation sites (tertiary alicyclic amines) is 1. The van der Waals surface area contributed by atoms with Crippen LogP contribution in [0.1, 0.15) is 41.4 Å². The standard InChI is InChI=1S/C15H21NO4S/c1-2-11-6-10-21-14(11)15(19)16-7-3-12(4-8-16)20-9-5-13(17)18/h6,10,12H,2-5,7-9H2,1H3,(H,17,18). The molecule has 1 aliphatic rings. The molecule has 5 nitrogen and oxygen atoms in total. The van der Waals surface area contributed by atoms with Crippen molar-refractivity contribution >= 4 is 23.2 Å².